The topological polar surface area (TPSA) is 55.9 Å². The molecule has 210 valence electrons. The van der Waals surface area contributed by atoms with Crippen molar-refractivity contribution in [2.45, 2.75) is 70.1 Å². The third-order valence-electron chi connectivity index (χ3n) is 10.1. The van der Waals surface area contributed by atoms with Crippen molar-refractivity contribution in [3.8, 4) is 0 Å². The van der Waals surface area contributed by atoms with Crippen LogP contribution >= 0.6 is 11.6 Å². The Labute approximate surface area is 242 Å². The number of hydrogen-bond donors (Lipinski definition) is 1. The van der Waals surface area contributed by atoms with Crippen molar-refractivity contribution in [3.63, 3.8) is 0 Å². The molecule has 3 saturated heterocycles. The fraction of sp³-hybridized carbons (Fsp3) is 0.515. The number of carbonyl (C=O) groups excluding carboxylic acids is 2. The molecule has 40 heavy (non-hydrogen) atoms. The highest BCUT2D eigenvalue weighted by molar-refractivity contribution is 6.31. The van der Waals surface area contributed by atoms with Gasteiger partial charge in [-0.1, -0.05) is 61.4 Å². The second-order valence-corrected chi connectivity index (χ2v) is 13.4. The van der Waals surface area contributed by atoms with Gasteiger partial charge in [-0.25, -0.2) is 0 Å². The van der Waals surface area contributed by atoms with Gasteiger partial charge in [-0.2, -0.15) is 0 Å². The van der Waals surface area contributed by atoms with Gasteiger partial charge in [0.15, 0.2) is 0 Å². The zero-order chi connectivity index (χ0) is 27.4. The summed E-state index contributed by atoms with van der Waals surface area (Å²) in [7, 11) is 0. The third-order valence-corrected chi connectivity index (χ3v) is 10.5. The van der Waals surface area contributed by atoms with E-state index in [1.165, 1.54) is 63.0 Å². The minimum atomic E-state index is -0.401. The molecular formula is C33H39ClN4O2. The van der Waals surface area contributed by atoms with E-state index in [2.05, 4.69) is 46.0 Å². The normalized spacial score (nSPS) is 28.3. The Balaban J connectivity index is 0.962. The summed E-state index contributed by atoms with van der Waals surface area (Å²) in [5, 5.41) is 3.71. The molecule has 0 radical (unpaired) electrons. The SMILES string of the molecule is C=C1CCC(N2Cc3cc(C[C@H]4CCCC[C@@H]4N4CC5(CN(Cc6ccccc6Cl)C5)C4)ccc3C2=O)C(=O)N1. The lowest BCUT2D eigenvalue weighted by Crippen LogP contribution is -2.73. The maximum absolute atomic E-state index is 13.2. The second-order valence-electron chi connectivity index (χ2n) is 13.0. The Hall–Kier alpha value is -2.67. The van der Waals surface area contributed by atoms with E-state index in [1.807, 2.05) is 18.2 Å². The van der Waals surface area contributed by atoms with Gasteiger partial charge in [0.25, 0.3) is 5.91 Å². The van der Waals surface area contributed by atoms with Crippen molar-refractivity contribution in [3.05, 3.63) is 82.0 Å². The van der Waals surface area contributed by atoms with Gasteiger partial charge in [-0.15, -0.1) is 0 Å². The molecule has 1 spiro atoms. The minimum Gasteiger partial charge on any atom is -0.329 e. The maximum Gasteiger partial charge on any atom is 0.255 e. The molecule has 4 aliphatic heterocycles. The molecule has 1 unspecified atom stereocenters. The lowest BCUT2D eigenvalue weighted by Gasteiger charge is -2.63. The molecule has 3 atom stereocenters. The van der Waals surface area contributed by atoms with Gasteiger partial charge in [-0.05, 0) is 66.8 Å². The molecule has 2 amide bonds. The average Bonchev–Trinajstić information content (AvgIpc) is 3.21. The number of benzene rings is 2. The lowest BCUT2D eigenvalue weighted by atomic mass is 9.69. The van der Waals surface area contributed by atoms with Crippen LogP contribution in [0.2, 0.25) is 5.02 Å². The zero-order valence-corrected chi connectivity index (χ0v) is 24.0. The van der Waals surface area contributed by atoms with Crippen LogP contribution in [0.25, 0.3) is 0 Å². The van der Waals surface area contributed by atoms with Crippen LogP contribution in [0.5, 0.6) is 0 Å². The molecule has 2 aromatic carbocycles. The molecule has 6 nitrogen and oxygen atoms in total. The third kappa shape index (κ3) is 4.78. The fourth-order valence-electron chi connectivity index (χ4n) is 8.18. The number of allylic oxidation sites excluding steroid dienone is 1. The fourth-order valence-corrected chi connectivity index (χ4v) is 8.37. The molecule has 4 fully saturated rings. The Kier molecular flexibility index (Phi) is 6.76. The summed E-state index contributed by atoms with van der Waals surface area (Å²) in [5.74, 6) is 0.542. The first-order valence-corrected chi connectivity index (χ1v) is 15.4. The van der Waals surface area contributed by atoms with E-state index in [-0.39, 0.29) is 11.8 Å². The molecule has 1 saturated carbocycles. The van der Waals surface area contributed by atoms with E-state index in [0.29, 0.717) is 30.3 Å². The molecule has 4 heterocycles. The molecule has 1 aliphatic carbocycles. The first-order chi connectivity index (χ1) is 19.4. The van der Waals surface area contributed by atoms with Crippen LogP contribution in [0.4, 0.5) is 0 Å². The van der Waals surface area contributed by atoms with E-state index < -0.39 is 6.04 Å². The van der Waals surface area contributed by atoms with Crippen molar-refractivity contribution < 1.29 is 9.59 Å². The Morgan fingerprint density at radius 2 is 1.80 bits per heavy atom. The van der Waals surface area contributed by atoms with E-state index in [4.69, 9.17) is 11.6 Å². The predicted octanol–water partition coefficient (Wildman–Crippen LogP) is 5.01. The first kappa shape index (κ1) is 26.2. The van der Waals surface area contributed by atoms with Crippen molar-refractivity contribution in [1.29, 1.82) is 0 Å². The molecule has 5 aliphatic rings. The molecule has 0 aromatic heterocycles. The maximum atomic E-state index is 13.2. The summed E-state index contributed by atoms with van der Waals surface area (Å²) < 4.78 is 0. The number of carbonyl (C=O) groups is 2. The summed E-state index contributed by atoms with van der Waals surface area (Å²) in [6, 6.07) is 14.9. The van der Waals surface area contributed by atoms with E-state index in [9.17, 15) is 9.59 Å². The minimum absolute atomic E-state index is 0.0142. The largest absolute Gasteiger partial charge is 0.329 e. The van der Waals surface area contributed by atoms with Crippen molar-refractivity contribution >= 4 is 23.4 Å². The molecule has 7 rings (SSSR count). The number of amides is 2. The highest BCUT2D eigenvalue weighted by atomic mass is 35.5. The van der Waals surface area contributed by atoms with Gasteiger partial charge in [0.2, 0.25) is 5.91 Å². The Bertz CT molecular complexity index is 1340. The highest BCUT2D eigenvalue weighted by Gasteiger charge is 2.53. The number of fused-ring (bicyclic) bond motifs is 1. The number of hydrogen-bond acceptors (Lipinski definition) is 4. The van der Waals surface area contributed by atoms with Gasteiger partial charge in [-0.3, -0.25) is 19.4 Å². The molecule has 0 bridgehead atoms. The smallest absolute Gasteiger partial charge is 0.255 e. The first-order valence-electron chi connectivity index (χ1n) is 15.0. The van der Waals surface area contributed by atoms with Crippen LogP contribution in [0.15, 0.2) is 54.7 Å². The summed E-state index contributed by atoms with van der Waals surface area (Å²) >= 11 is 6.39. The average molecular weight is 559 g/mol. The summed E-state index contributed by atoms with van der Waals surface area (Å²) in [4.78, 5) is 32.8. The van der Waals surface area contributed by atoms with Gasteiger partial charge >= 0.3 is 0 Å². The van der Waals surface area contributed by atoms with Crippen molar-refractivity contribution in [2.24, 2.45) is 11.3 Å². The molecule has 2 aromatic rings. The predicted molar refractivity (Wildman–Crippen MR) is 157 cm³/mol. The second kappa shape index (κ2) is 10.3. The number of piperidine rings is 1. The number of nitrogens with zero attached hydrogens (tertiary/aromatic N) is 3. The van der Waals surface area contributed by atoms with Crippen LogP contribution < -0.4 is 5.32 Å². The summed E-state index contributed by atoms with van der Waals surface area (Å²) in [6.07, 6.45) is 7.65. The van der Waals surface area contributed by atoms with Crippen LogP contribution in [-0.4, -0.2) is 64.8 Å². The summed E-state index contributed by atoms with van der Waals surface area (Å²) in [5.41, 5.74) is 5.61. The number of rotatable bonds is 6. The van der Waals surface area contributed by atoms with E-state index >= 15 is 0 Å². The van der Waals surface area contributed by atoms with E-state index in [0.717, 1.165) is 41.2 Å². The van der Waals surface area contributed by atoms with Crippen molar-refractivity contribution in [2.75, 3.05) is 26.2 Å². The highest BCUT2D eigenvalue weighted by Crippen LogP contribution is 2.45. The Morgan fingerprint density at radius 1 is 1.00 bits per heavy atom. The van der Waals surface area contributed by atoms with Crippen LogP contribution in [-0.2, 0) is 24.3 Å². The van der Waals surface area contributed by atoms with Gasteiger partial charge < -0.3 is 10.2 Å². The number of nitrogens with one attached hydrogen (secondary N) is 1. The number of likely N-dealkylation sites (tertiary alicyclic amines) is 2. The van der Waals surface area contributed by atoms with Crippen molar-refractivity contribution in [1.82, 2.24) is 20.0 Å². The van der Waals surface area contributed by atoms with Crippen LogP contribution in [0.1, 0.15) is 65.6 Å². The molecular weight excluding hydrogens is 520 g/mol. The van der Waals surface area contributed by atoms with Crippen LogP contribution in [0, 0.1) is 11.3 Å². The van der Waals surface area contributed by atoms with E-state index in [1.54, 1.807) is 4.90 Å². The van der Waals surface area contributed by atoms with Gasteiger partial charge in [0.1, 0.15) is 6.04 Å². The van der Waals surface area contributed by atoms with Gasteiger partial charge in [0.05, 0.1) is 0 Å². The molecule has 7 heteroatoms. The zero-order valence-electron chi connectivity index (χ0n) is 23.2. The lowest BCUT2D eigenvalue weighted by molar-refractivity contribution is -0.144. The molecule has 1 N–H and O–H groups in total. The van der Waals surface area contributed by atoms with Crippen LogP contribution in [0.3, 0.4) is 0 Å². The Morgan fingerprint density at radius 3 is 2.60 bits per heavy atom. The van der Waals surface area contributed by atoms with Gasteiger partial charge in [0, 0.05) is 67.0 Å². The monoisotopic (exact) mass is 558 g/mol. The quantitative estimate of drug-likeness (QED) is 0.542. The standard InChI is InChI=1S/C33H39ClN4O2/c1-22-10-13-30(31(39)35-22)38-17-26-15-23(11-12-27(26)32(38)40)14-24-6-3-5-9-29(24)37-20-33(21-37)18-36(19-33)16-25-7-2-4-8-28(25)34/h2,4,7-8,11-12,15,24,29-30H,1,3,5-6,9-10,13-14,16-21H2,(H,35,39)/t24-,29+,30?/m1/s1. The number of halogens is 1. The summed E-state index contributed by atoms with van der Waals surface area (Å²) in [6.45, 7) is 10.1.